The Morgan fingerprint density at radius 1 is 1.50 bits per heavy atom. The molecule has 2 N–H and O–H groups in total. The van der Waals surface area contributed by atoms with Crippen molar-refractivity contribution in [3.63, 3.8) is 0 Å². The summed E-state index contributed by atoms with van der Waals surface area (Å²) in [4.78, 5) is 0. The lowest BCUT2D eigenvalue weighted by Gasteiger charge is -2.12. The molecule has 2 nitrogen and oxygen atoms in total. The van der Waals surface area contributed by atoms with Crippen LogP contribution in [0.5, 0.6) is 0 Å². The predicted octanol–water partition coefficient (Wildman–Crippen LogP) is 2.59. The monoisotopic (exact) mass is 221 g/mol. The SMILES string of the molecule is C=C/C=C(\C)[C@@H](O)CNCCC(=C)/C=C\C. The van der Waals surface area contributed by atoms with Crippen LogP contribution in [0.15, 0.2) is 48.6 Å². The van der Waals surface area contributed by atoms with Crippen molar-refractivity contribution in [2.24, 2.45) is 0 Å². The minimum atomic E-state index is -0.437. The van der Waals surface area contributed by atoms with Gasteiger partial charge in [-0.05, 0) is 32.4 Å². The summed E-state index contributed by atoms with van der Waals surface area (Å²) in [7, 11) is 0. The summed E-state index contributed by atoms with van der Waals surface area (Å²) >= 11 is 0. The third kappa shape index (κ3) is 7.21. The molecule has 0 aliphatic rings. The van der Waals surface area contributed by atoms with Crippen LogP contribution >= 0.6 is 0 Å². The lowest BCUT2D eigenvalue weighted by atomic mass is 10.1. The Hall–Kier alpha value is -1.12. The molecule has 0 aliphatic carbocycles. The fourth-order valence-electron chi connectivity index (χ4n) is 1.26. The molecule has 0 radical (unpaired) electrons. The van der Waals surface area contributed by atoms with E-state index in [0.29, 0.717) is 6.54 Å². The lowest BCUT2D eigenvalue weighted by Crippen LogP contribution is -2.28. The molecule has 16 heavy (non-hydrogen) atoms. The third-order valence-corrected chi connectivity index (χ3v) is 2.27. The zero-order valence-corrected chi connectivity index (χ0v) is 10.4. The first kappa shape index (κ1) is 14.9. The normalized spacial score (nSPS) is 14.1. The highest BCUT2D eigenvalue weighted by Crippen LogP contribution is 2.01. The van der Waals surface area contributed by atoms with Gasteiger partial charge in [0.15, 0.2) is 0 Å². The second-order valence-electron chi connectivity index (χ2n) is 3.77. The first-order valence-corrected chi connectivity index (χ1v) is 5.60. The van der Waals surface area contributed by atoms with Crippen molar-refractivity contribution in [1.29, 1.82) is 0 Å². The van der Waals surface area contributed by atoms with Gasteiger partial charge in [-0.3, -0.25) is 0 Å². The van der Waals surface area contributed by atoms with E-state index in [4.69, 9.17) is 0 Å². The van der Waals surface area contributed by atoms with E-state index in [1.165, 1.54) is 0 Å². The van der Waals surface area contributed by atoms with Crippen molar-refractivity contribution in [1.82, 2.24) is 5.32 Å². The van der Waals surface area contributed by atoms with E-state index in [2.05, 4.69) is 18.5 Å². The average molecular weight is 221 g/mol. The Morgan fingerprint density at radius 3 is 2.75 bits per heavy atom. The maximum absolute atomic E-state index is 9.70. The standard InChI is InChI=1S/C14H23NO/c1-5-7-12(3)9-10-15-11-14(16)13(4)8-6-2/h5-8,14-16H,2-3,9-11H2,1,4H3/b7-5-,13-8+/t14-/m0/s1. The fourth-order valence-corrected chi connectivity index (χ4v) is 1.26. The molecule has 0 amide bonds. The van der Waals surface area contributed by atoms with Crippen LogP contribution in [0, 0.1) is 0 Å². The fraction of sp³-hybridized carbons (Fsp3) is 0.429. The lowest BCUT2D eigenvalue weighted by molar-refractivity contribution is 0.207. The quantitative estimate of drug-likeness (QED) is 0.488. The number of aliphatic hydroxyl groups excluding tert-OH is 1. The molecular formula is C14H23NO. The van der Waals surface area contributed by atoms with Crippen LogP contribution in [0.3, 0.4) is 0 Å². The summed E-state index contributed by atoms with van der Waals surface area (Å²) in [6, 6.07) is 0. The van der Waals surface area contributed by atoms with E-state index < -0.39 is 6.10 Å². The van der Waals surface area contributed by atoms with Crippen molar-refractivity contribution >= 4 is 0 Å². The first-order chi connectivity index (χ1) is 7.61. The van der Waals surface area contributed by atoms with E-state index in [9.17, 15) is 5.11 Å². The number of nitrogens with one attached hydrogen (secondary N) is 1. The molecule has 0 spiro atoms. The maximum atomic E-state index is 9.70. The molecule has 0 unspecified atom stereocenters. The molecule has 0 bridgehead atoms. The predicted molar refractivity (Wildman–Crippen MR) is 71.4 cm³/mol. The molecule has 0 aromatic carbocycles. The van der Waals surface area contributed by atoms with Crippen molar-refractivity contribution in [2.45, 2.75) is 26.4 Å². The van der Waals surface area contributed by atoms with Crippen LogP contribution in [0.4, 0.5) is 0 Å². The summed E-state index contributed by atoms with van der Waals surface area (Å²) in [6.07, 6.45) is 7.96. The van der Waals surface area contributed by atoms with Crippen LogP contribution in [0.2, 0.25) is 0 Å². The minimum Gasteiger partial charge on any atom is -0.387 e. The Kier molecular flexibility index (Phi) is 8.49. The molecule has 0 rings (SSSR count). The first-order valence-electron chi connectivity index (χ1n) is 5.60. The highest BCUT2D eigenvalue weighted by atomic mass is 16.3. The highest BCUT2D eigenvalue weighted by molar-refractivity contribution is 5.14. The van der Waals surface area contributed by atoms with Gasteiger partial charge in [-0.2, -0.15) is 0 Å². The summed E-state index contributed by atoms with van der Waals surface area (Å²) < 4.78 is 0. The van der Waals surface area contributed by atoms with Crippen LogP contribution in [0.1, 0.15) is 20.3 Å². The molecule has 90 valence electrons. The zero-order valence-electron chi connectivity index (χ0n) is 10.4. The van der Waals surface area contributed by atoms with Crippen LogP contribution < -0.4 is 5.32 Å². The summed E-state index contributed by atoms with van der Waals surface area (Å²) in [5.74, 6) is 0. The molecule has 0 saturated heterocycles. The third-order valence-electron chi connectivity index (χ3n) is 2.27. The molecule has 0 fully saturated rings. The van der Waals surface area contributed by atoms with Gasteiger partial charge >= 0.3 is 0 Å². The molecule has 0 saturated carbocycles. The maximum Gasteiger partial charge on any atom is 0.0874 e. The van der Waals surface area contributed by atoms with Gasteiger partial charge in [0.2, 0.25) is 0 Å². The van der Waals surface area contributed by atoms with Crippen LogP contribution in [-0.4, -0.2) is 24.3 Å². The molecule has 1 atom stereocenters. The van der Waals surface area contributed by atoms with Gasteiger partial charge in [0.1, 0.15) is 0 Å². The van der Waals surface area contributed by atoms with E-state index in [1.54, 1.807) is 6.08 Å². The van der Waals surface area contributed by atoms with E-state index in [-0.39, 0.29) is 0 Å². The van der Waals surface area contributed by atoms with Gasteiger partial charge in [-0.1, -0.05) is 43.0 Å². The van der Waals surface area contributed by atoms with Crippen molar-refractivity contribution in [2.75, 3.05) is 13.1 Å². The zero-order chi connectivity index (χ0) is 12.4. The second kappa shape index (κ2) is 9.13. The summed E-state index contributed by atoms with van der Waals surface area (Å²) in [6.45, 7) is 12.8. The Labute approximate surface area is 99.1 Å². The Bertz CT molecular complexity index is 276. The highest BCUT2D eigenvalue weighted by Gasteiger charge is 2.04. The molecule has 2 heteroatoms. The van der Waals surface area contributed by atoms with Gasteiger partial charge in [0.25, 0.3) is 0 Å². The number of aliphatic hydroxyl groups is 1. The molecule has 0 aromatic rings. The topological polar surface area (TPSA) is 32.3 Å². The van der Waals surface area contributed by atoms with E-state index >= 15 is 0 Å². The van der Waals surface area contributed by atoms with Gasteiger partial charge in [-0.15, -0.1) is 0 Å². The molecular weight excluding hydrogens is 198 g/mol. The Balaban J connectivity index is 3.70. The molecule has 0 aliphatic heterocycles. The summed E-state index contributed by atoms with van der Waals surface area (Å²) in [5, 5.41) is 12.9. The number of rotatable bonds is 8. The largest absolute Gasteiger partial charge is 0.387 e. The second-order valence-corrected chi connectivity index (χ2v) is 3.77. The molecule has 0 aromatic heterocycles. The van der Waals surface area contributed by atoms with Gasteiger partial charge in [0.05, 0.1) is 6.10 Å². The summed E-state index contributed by atoms with van der Waals surface area (Å²) in [5.41, 5.74) is 2.03. The van der Waals surface area contributed by atoms with Crippen LogP contribution in [-0.2, 0) is 0 Å². The smallest absolute Gasteiger partial charge is 0.0874 e. The molecule has 0 heterocycles. The van der Waals surface area contributed by atoms with Crippen molar-refractivity contribution < 1.29 is 5.11 Å². The average Bonchev–Trinajstić information content (AvgIpc) is 2.24. The van der Waals surface area contributed by atoms with Crippen molar-refractivity contribution in [3.05, 3.63) is 48.6 Å². The number of hydrogen-bond acceptors (Lipinski definition) is 2. The Morgan fingerprint density at radius 2 is 2.19 bits per heavy atom. The van der Waals surface area contributed by atoms with E-state index in [1.807, 2.05) is 32.1 Å². The van der Waals surface area contributed by atoms with Gasteiger partial charge in [-0.25, -0.2) is 0 Å². The minimum absolute atomic E-state index is 0.437. The van der Waals surface area contributed by atoms with Gasteiger partial charge < -0.3 is 10.4 Å². The van der Waals surface area contributed by atoms with Gasteiger partial charge in [0, 0.05) is 6.54 Å². The van der Waals surface area contributed by atoms with Crippen LogP contribution in [0.25, 0.3) is 0 Å². The van der Waals surface area contributed by atoms with E-state index in [0.717, 1.165) is 24.1 Å². The number of hydrogen-bond donors (Lipinski definition) is 2. The number of allylic oxidation sites excluding steroid dienone is 4. The van der Waals surface area contributed by atoms with Crippen molar-refractivity contribution in [3.8, 4) is 0 Å².